The molecule has 0 radical (unpaired) electrons. The van der Waals surface area contributed by atoms with E-state index >= 15 is 0 Å². The second-order valence-corrected chi connectivity index (χ2v) is 12.7. The van der Waals surface area contributed by atoms with E-state index in [1.54, 1.807) is 0 Å². The Morgan fingerprint density at radius 1 is 0.628 bits per heavy atom. The summed E-state index contributed by atoms with van der Waals surface area (Å²) < 4.78 is 32.9. The van der Waals surface area contributed by atoms with Gasteiger partial charge in [0.15, 0.2) is 6.10 Å². The molecule has 254 valence electrons. The molecule has 1 fully saturated rings. The lowest BCUT2D eigenvalue weighted by atomic mass is 9.85. The zero-order valence-corrected chi connectivity index (χ0v) is 26.7. The molecule has 1 rings (SSSR count). The summed E-state index contributed by atoms with van der Waals surface area (Å²) in [5.74, 6) is -1.12. The van der Waals surface area contributed by atoms with Gasteiger partial charge in [-0.1, -0.05) is 90.9 Å². The molecule has 0 aromatic carbocycles. The van der Waals surface area contributed by atoms with Gasteiger partial charge in [0.05, 0.1) is 6.61 Å². The monoisotopic (exact) mass is 642 g/mol. The van der Waals surface area contributed by atoms with E-state index in [2.05, 4.69) is 13.8 Å². The van der Waals surface area contributed by atoms with Gasteiger partial charge in [-0.2, -0.15) is 0 Å². The van der Waals surface area contributed by atoms with Crippen LogP contribution in [0.4, 0.5) is 0 Å². The SMILES string of the molecule is CCCCCCCCCCCC(=O)OC(COC(=O)CCCCCCC)COP(=O)(O)OC1C(O)C(O)C(O)C(O)C1O. The van der Waals surface area contributed by atoms with Crippen molar-refractivity contribution < 1.29 is 63.1 Å². The van der Waals surface area contributed by atoms with Crippen LogP contribution in [-0.4, -0.2) is 98.3 Å². The summed E-state index contributed by atoms with van der Waals surface area (Å²) in [5, 5.41) is 49.5. The molecule has 0 aliphatic heterocycles. The zero-order chi connectivity index (χ0) is 32.3. The number of phosphoric acid groups is 1. The molecule has 0 aromatic heterocycles. The molecule has 1 aliphatic rings. The van der Waals surface area contributed by atoms with Crippen LogP contribution in [0.1, 0.15) is 117 Å². The molecule has 0 saturated heterocycles. The Kier molecular flexibility index (Phi) is 20.7. The maximum Gasteiger partial charge on any atom is 0.472 e. The van der Waals surface area contributed by atoms with Crippen LogP contribution in [0.3, 0.4) is 0 Å². The first-order valence-corrected chi connectivity index (χ1v) is 17.3. The summed E-state index contributed by atoms with van der Waals surface area (Å²) in [5.41, 5.74) is 0. The number of unbranched alkanes of at least 4 members (excludes halogenated alkanes) is 12. The van der Waals surface area contributed by atoms with Gasteiger partial charge in [-0.15, -0.1) is 0 Å². The number of rotatable bonds is 24. The van der Waals surface area contributed by atoms with Gasteiger partial charge in [0, 0.05) is 12.8 Å². The number of ether oxygens (including phenoxy) is 2. The van der Waals surface area contributed by atoms with Crippen LogP contribution in [0.25, 0.3) is 0 Å². The van der Waals surface area contributed by atoms with Crippen molar-refractivity contribution in [2.45, 2.75) is 159 Å². The van der Waals surface area contributed by atoms with Crippen LogP contribution in [0.5, 0.6) is 0 Å². The summed E-state index contributed by atoms with van der Waals surface area (Å²) >= 11 is 0. The van der Waals surface area contributed by atoms with E-state index in [4.69, 9.17) is 18.5 Å². The van der Waals surface area contributed by atoms with Crippen molar-refractivity contribution in [1.29, 1.82) is 0 Å². The Bertz CT molecular complexity index is 797. The highest BCUT2D eigenvalue weighted by atomic mass is 31.2. The fraction of sp³-hybridized carbons (Fsp3) is 0.931. The molecule has 0 amide bonds. The minimum absolute atomic E-state index is 0.101. The van der Waals surface area contributed by atoms with Crippen LogP contribution in [0, 0.1) is 0 Å². The van der Waals surface area contributed by atoms with Crippen molar-refractivity contribution in [1.82, 2.24) is 0 Å². The number of aliphatic hydroxyl groups excluding tert-OH is 5. The van der Waals surface area contributed by atoms with Gasteiger partial charge in [0.25, 0.3) is 0 Å². The first-order valence-electron chi connectivity index (χ1n) is 15.8. The van der Waals surface area contributed by atoms with Gasteiger partial charge in [-0.3, -0.25) is 18.6 Å². The molecule has 6 N–H and O–H groups in total. The standard InChI is InChI=1S/C29H55O13P/c1-3-5-7-9-10-11-12-14-16-18-23(31)41-21(19-39-22(30)17-15-13-8-6-4-2)20-40-43(37,38)42-29-27(35)25(33)24(32)26(34)28(29)36/h21,24-29,32-36H,3-20H2,1-2H3,(H,37,38). The van der Waals surface area contributed by atoms with Gasteiger partial charge in [-0.05, 0) is 12.8 Å². The molecular weight excluding hydrogens is 587 g/mol. The van der Waals surface area contributed by atoms with E-state index in [1.807, 2.05) is 0 Å². The molecule has 1 saturated carbocycles. The predicted molar refractivity (Wildman–Crippen MR) is 157 cm³/mol. The average molecular weight is 643 g/mol. The molecular formula is C29H55O13P. The quantitative estimate of drug-likeness (QED) is 0.0509. The molecule has 0 aromatic rings. The maximum absolute atomic E-state index is 12.6. The fourth-order valence-corrected chi connectivity index (χ4v) is 5.73. The Morgan fingerprint density at radius 3 is 1.53 bits per heavy atom. The van der Waals surface area contributed by atoms with E-state index in [1.165, 1.54) is 25.7 Å². The van der Waals surface area contributed by atoms with E-state index < -0.39 is 75.7 Å². The third-order valence-electron chi connectivity index (χ3n) is 7.45. The first-order chi connectivity index (χ1) is 20.4. The molecule has 1 aliphatic carbocycles. The van der Waals surface area contributed by atoms with Crippen molar-refractivity contribution in [2.24, 2.45) is 0 Å². The van der Waals surface area contributed by atoms with Crippen molar-refractivity contribution in [2.75, 3.05) is 13.2 Å². The van der Waals surface area contributed by atoms with E-state index in [-0.39, 0.29) is 12.8 Å². The van der Waals surface area contributed by atoms with Crippen LogP contribution in [0.15, 0.2) is 0 Å². The highest BCUT2D eigenvalue weighted by Crippen LogP contribution is 2.47. The van der Waals surface area contributed by atoms with Crippen molar-refractivity contribution in [3.8, 4) is 0 Å². The number of hydrogen-bond donors (Lipinski definition) is 6. The summed E-state index contributed by atoms with van der Waals surface area (Å²) in [6.45, 7) is 3.09. The Labute approximate surface area is 255 Å². The third-order valence-corrected chi connectivity index (χ3v) is 8.43. The van der Waals surface area contributed by atoms with Crippen LogP contribution >= 0.6 is 7.82 Å². The number of carbonyl (C=O) groups excluding carboxylic acids is 2. The van der Waals surface area contributed by atoms with E-state index in [0.717, 1.165) is 51.4 Å². The second-order valence-electron chi connectivity index (χ2n) is 11.3. The molecule has 14 heteroatoms. The van der Waals surface area contributed by atoms with Crippen LogP contribution < -0.4 is 0 Å². The lowest BCUT2D eigenvalue weighted by Crippen LogP contribution is -2.64. The highest BCUT2D eigenvalue weighted by molar-refractivity contribution is 7.47. The number of phosphoric ester groups is 1. The Hall–Kier alpha value is -1.15. The summed E-state index contributed by atoms with van der Waals surface area (Å²) in [6.07, 6.45) is 1.30. The molecule has 13 nitrogen and oxygen atoms in total. The van der Waals surface area contributed by atoms with E-state index in [9.17, 15) is 44.6 Å². The maximum atomic E-state index is 12.6. The summed E-state index contributed by atoms with van der Waals surface area (Å²) in [4.78, 5) is 34.9. The Balaban J connectivity index is 2.63. The summed E-state index contributed by atoms with van der Waals surface area (Å²) in [7, 11) is -5.08. The molecule has 0 bridgehead atoms. The lowest BCUT2D eigenvalue weighted by molar-refractivity contribution is -0.220. The van der Waals surface area contributed by atoms with E-state index in [0.29, 0.717) is 12.8 Å². The molecule has 0 spiro atoms. The van der Waals surface area contributed by atoms with Crippen LogP contribution in [-0.2, 0) is 32.7 Å². The summed E-state index contributed by atoms with van der Waals surface area (Å²) in [6, 6.07) is 0. The first kappa shape index (κ1) is 39.9. The topological polar surface area (TPSA) is 210 Å². The highest BCUT2D eigenvalue weighted by Gasteiger charge is 2.51. The molecule has 43 heavy (non-hydrogen) atoms. The lowest BCUT2D eigenvalue weighted by Gasteiger charge is -2.41. The van der Waals surface area contributed by atoms with Crippen molar-refractivity contribution in [3.63, 3.8) is 0 Å². The van der Waals surface area contributed by atoms with Gasteiger partial charge in [0.1, 0.15) is 43.2 Å². The van der Waals surface area contributed by atoms with Gasteiger partial charge >= 0.3 is 19.8 Å². The molecule has 6 unspecified atom stereocenters. The minimum atomic E-state index is -5.08. The van der Waals surface area contributed by atoms with Crippen LogP contribution in [0.2, 0.25) is 0 Å². The molecule has 6 atom stereocenters. The second kappa shape index (κ2) is 22.4. The normalized spacial score (nSPS) is 26.0. The molecule has 0 heterocycles. The number of hydrogen-bond acceptors (Lipinski definition) is 12. The van der Waals surface area contributed by atoms with Gasteiger partial charge in [-0.25, -0.2) is 4.57 Å². The average Bonchev–Trinajstić information content (AvgIpc) is 2.97. The smallest absolute Gasteiger partial charge is 0.462 e. The van der Waals surface area contributed by atoms with Crippen molar-refractivity contribution >= 4 is 19.8 Å². The van der Waals surface area contributed by atoms with Gasteiger partial charge in [0.2, 0.25) is 0 Å². The minimum Gasteiger partial charge on any atom is -0.462 e. The van der Waals surface area contributed by atoms with Crippen molar-refractivity contribution in [3.05, 3.63) is 0 Å². The number of esters is 2. The van der Waals surface area contributed by atoms with Gasteiger partial charge < -0.3 is 39.9 Å². The zero-order valence-electron chi connectivity index (χ0n) is 25.8. The Morgan fingerprint density at radius 2 is 1.05 bits per heavy atom. The fourth-order valence-electron chi connectivity index (χ4n) is 4.75. The number of carbonyl (C=O) groups is 2. The predicted octanol–water partition coefficient (Wildman–Crippen LogP) is 3.04. The number of aliphatic hydroxyl groups is 5. The third kappa shape index (κ3) is 16.7. The largest absolute Gasteiger partial charge is 0.472 e.